The summed E-state index contributed by atoms with van der Waals surface area (Å²) in [5.74, 6) is -1.34. The van der Waals surface area contributed by atoms with Crippen LogP contribution in [-0.4, -0.2) is 26.1 Å². The molecule has 0 aromatic heterocycles. The molecule has 0 amide bonds. The van der Waals surface area contributed by atoms with Gasteiger partial charge in [0.2, 0.25) is 0 Å². The van der Waals surface area contributed by atoms with Gasteiger partial charge in [-0.3, -0.25) is 4.18 Å². The Hall–Kier alpha value is -2.18. The van der Waals surface area contributed by atoms with Crippen LogP contribution in [0.2, 0.25) is 0 Å². The molecule has 2 aromatic rings. The Bertz CT molecular complexity index is 690. The zero-order valence-electron chi connectivity index (χ0n) is 10.4. The van der Waals surface area contributed by atoms with E-state index in [2.05, 4.69) is 4.18 Å². The third kappa shape index (κ3) is 3.43. The lowest BCUT2D eigenvalue weighted by atomic mass is 10.1. The molecule has 6 heteroatoms. The van der Waals surface area contributed by atoms with Gasteiger partial charge in [-0.2, -0.15) is 8.42 Å². The molecule has 0 saturated heterocycles. The average Bonchev–Trinajstić information content (AvgIpc) is 2.46. The SMILES string of the molecule is O=C(O)COS(=O)(=O)c1ccc(-c2ccccc2)cc1. The van der Waals surface area contributed by atoms with Gasteiger partial charge in [-0.1, -0.05) is 42.5 Å². The number of rotatable bonds is 5. The molecule has 0 aliphatic heterocycles. The van der Waals surface area contributed by atoms with Crippen LogP contribution in [0.5, 0.6) is 0 Å². The second-order valence-corrected chi connectivity index (χ2v) is 5.62. The van der Waals surface area contributed by atoms with Crippen LogP contribution in [0.3, 0.4) is 0 Å². The van der Waals surface area contributed by atoms with Crippen molar-refractivity contribution >= 4 is 16.1 Å². The molecule has 1 N–H and O–H groups in total. The fourth-order valence-corrected chi connectivity index (χ4v) is 2.50. The van der Waals surface area contributed by atoms with Crippen molar-refractivity contribution in [3.05, 3.63) is 54.6 Å². The van der Waals surface area contributed by atoms with Gasteiger partial charge in [0.15, 0.2) is 6.61 Å². The molecule has 0 spiro atoms. The summed E-state index contributed by atoms with van der Waals surface area (Å²) in [7, 11) is -4.04. The standard InChI is InChI=1S/C14H12O5S/c15-14(16)10-19-20(17,18)13-8-6-12(7-9-13)11-4-2-1-3-5-11/h1-9H,10H2,(H,15,16). The number of carbonyl (C=O) groups is 1. The smallest absolute Gasteiger partial charge is 0.331 e. The van der Waals surface area contributed by atoms with Crippen LogP contribution >= 0.6 is 0 Å². The third-order valence-electron chi connectivity index (χ3n) is 2.59. The van der Waals surface area contributed by atoms with E-state index in [0.717, 1.165) is 11.1 Å². The van der Waals surface area contributed by atoms with E-state index in [4.69, 9.17) is 5.11 Å². The maximum atomic E-state index is 11.7. The number of carboxylic acid groups (broad SMARTS) is 1. The molecular formula is C14H12O5S. The van der Waals surface area contributed by atoms with E-state index in [0.29, 0.717) is 0 Å². The van der Waals surface area contributed by atoms with Gasteiger partial charge >= 0.3 is 5.97 Å². The average molecular weight is 292 g/mol. The van der Waals surface area contributed by atoms with Crippen molar-refractivity contribution in [3.8, 4) is 11.1 Å². The number of hydrogen-bond donors (Lipinski definition) is 1. The molecule has 0 fully saturated rings. The van der Waals surface area contributed by atoms with E-state index in [9.17, 15) is 13.2 Å². The van der Waals surface area contributed by atoms with Crippen LogP contribution in [0, 0.1) is 0 Å². The first-order valence-electron chi connectivity index (χ1n) is 5.76. The summed E-state index contributed by atoms with van der Waals surface area (Å²) in [4.78, 5) is 10.3. The molecule has 0 atom stereocenters. The minimum atomic E-state index is -4.04. The predicted molar refractivity (Wildman–Crippen MR) is 72.7 cm³/mol. The maximum absolute atomic E-state index is 11.7. The van der Waals surface area contributed by atoms with Gasteiger partial charge in [0.25, 0.3) is 10.1 Å². The lowest BCUT2D eigenvalue weighted by Crippen LogP contribution is -2.13. The highest BCUT2D eigenvalue weighted by molar-refractivity contribution is 7.86. The number of aliphatic carboxylic acids is 1. The Kier molecular flexibility index (Phi) is 4.16. The van der Waals surface area contributed by atoms with Gasteiger partial charge in [-0.05, 0) is 23.3 Å². The van der Waals surface area contributed by atoms with E-state index in [1.807, 2.05) is 30.3 Å². The Morgan fingerprint density at radius 1 is 0.950 bits per heavy atom. The Balaban J connectivity index is 2.22. The molecule has 0 radical (unpaired) electrons. The van der Waals surface area contributed by atoms with Crippen LogP contribution in [0.4, 0.5) is 0 Å². The highest BCUT2D eigenvalue weighted by Crippen LogP contribution is 2.21. The van der Waals surface area contributed by atoms with Crippen molar-refractivity contribution in [3.63, 3.8) is 0 Å². The molecule has 0 aliphatic carbocycles. The first-order valence-corrected chi connectivity index (χ1v) is 7.16. The van der Waals surface area contributed by atoms with Gasteiger partial charge < -0.3 is 5.11 Å². The highest BCUT2D eigenvalue weighted by atomic mass is 32.2. The lowest BCUT2D eigenvalue weighted by Gasteiger charge is -2.05. The van der Waals surface area contributed by atoms with Crippen LogP contribution < -0.4 is 0 Å². The molecule has 0 aliphatic rings. The van der Waals surface area contributed by atoms with Crippen molar-refractivity contribution in [2.24, 2.45) is 0 Å². The fraction of sp³-hybridized carbons (Fsp3) is 0.0714. The quantitative estimate of drug-likeness (QED) is 0.854. The third-order valence-corrected chi connectivity index (χ3v) is 3.87. The van der Waals surface area contributed by atoms with Gasteiger partial charge in [0.05, 0.1) is 4.90 Å². The first-order chi connectivity index (χ1) is 9.49. The Labute approximate surface area is 116 Å². The summed E-state index contributed by atoms with van der Waals surface area (Å²) in [6.07, 6.45) is 0. The summed E-state index contributed by atoms with van der Waals surface area (Å²) in [6.45, 7) is -0.886. The van der Waals surface area contributed by atoms with E-state index in [-0.39, 0.29) is 4.90 Å². The zero-order valence-corrected chi connectivity index (χ0v) is 11.2. The number of hydrogen-bond acceptors (Lipinski definition) is 4. The molecule has 2 rings (SSSR count). The molecule has 0 saturated carbocycles. The monoisotopic (exact) mass is 292 g/mol. The minimum Gasteiger partial charge on any atom is -0.479 e. The second-order valence-electron chi connectivity index (χ2n) is 4.00. The molecule has 2 aromatic carbocycles. The molecule has 0 heterocycles. The van der Waals surface area contributed by atoms with Gasteiger partial charge in [0, 0.05) is 0 Å². The first kappa shape index (κ1) is 14.2. The Morgan fingerprint density at radius 2 is 1.50 bits per heavy atom. The van der Waals surface area contributed by atoms with E-state index in [1.165, 1.54) is 12.1 Å². The number of benzene rings is 2. The van der Waals surface area contributed by atoms with Crippen LogP contribution in [0.1, 0.15) is 0 Å². The fourth-order valence-electron chi connectivity index (χ4n) is 1.64. The van der Waals surface area contributed by atoms with E-state index in [1.54, 1.807) is 12.1 Å². The van der Waals surface area contributed by atoms with Gasteiger partial charge in [-0.15, -0.1) is 0 Å². The van der Waals surface area contributed by atoms with Gasteiger partial charge in [-0.25, -0.2) is 4.79 Å². The summed E-state index contributed by atoms with van der Waals surface area (Å²) >= 11 is 0. The molecule has 0 unspecified atom stereocenters. The summed E-state index contributed by atoms with van der Waals surface area (Å²) in [5.41, 5.74) is 1.82. The lowest BCUT2D eigenvalue weighted by molar-refractivity contribution is -0.139. The predicted octanol–water partition coefficient (Wildman–Crippen LogP) is 2.14. The largest absolute Gasteiger partial charge is 0.479 e. The summed E-state index contributed by atoms with van der Waals surface area (Å²) in [5, 5.41) is 8.43. The van der Waals surface area contributed by atoms with E-state index >= 15 is 0 Å². The zero-order chi connectivity index (χ0) is 14.6. The molecule has 5 nitrogen and oxygen atoms in total. The Morgan fingerprint density at radius 3 is 2.05 bits per heavy atom. The number of carboxylic acids is 1. The molecule has 20 heavy (non-hydrogen) atoms. The second kappa shape index (κ2) is 5.85. The van der Waals surface area contributed by atoms with Crippen molar-refractivity contribution in [1.82, 2.24) is 0 Å². The topological polar surface area (TPSA) is 80.7 Å². The minimum absolute atomic E-state index is 0.0709. The van der Waals surface area contributed by atoms with Crippen LogP contribution in [-0.2, 0) is 19.1 Å². The normalized spacial score (nSPS) is 11.2. The molecule has 104 valence electrons. The van der Waals surface area contributed by atoms with E-state index < -0.39 is 22.7 Å². The maximum Gasteiger partial charge on any atom is 0.331 e. The van der Waals surface area contributed by atoms with Gasteiger partial charge in [0.1, 0.15) is 0 Å². The van der Waals surface area contributed by atoms with Crippen LogP contribution in [0.25, 0.3) is 11.1 Å². The van der Waals surface area contributed by atoms with Crippen molar-refractivity contribution in [2.45, 2.75) is 4.90 Å². The summed E-state index contributed by atoms with van der Waals surface area (Å²) < 4.78 is 27.8. The van der Waals surface area contributed by atoms with Crippen molar-refractivity contribution < 1.29 is 22.5 Å². The highest BCUT2D eigenvalue weighted by Gasteiger charge is 2.16. The van der Waals surface area contributed by atoms with Crippen molar-refractivity contribution in [2.75, 3.05) is 6.61 Å². The summed E-state index contributed by atoms with van der Waals surface area (Å²) in [6, 6.07) is 15.5. The van der Waals surface area contributed by atoms with Crippen LogP contribution in [0.15, 0.2) is 59.5 Å². The molecular weight excluding hydrogens is 280 g/mol. The molecule has 0 bridgehead atoms. The van der Waals surface area contributed by atoms with Crippen molar-refractivity contribution in [1.29, 1.82) is 0 Å².